The van der Waals surface area contributed by atoms with Crippen LogP contribution < -0.4 is 0 Å². The molecule has 3 heterocycles. The van der Waals surface area contributed by atoms with E-state index in [1.54, 1.807) is 0 Å². The normalized spacial score (nSPS) is 25.7. The van der Waals surface area contributed by atoms with E-state index in [9.17, 15) is 4.79 Å². The molecule has 0 bridgehead atoms. The van der Waals surface area contributed by atoms with Gasteiger partial charge in [-0.1, -0.05) is 16.8 Å². The van der Waals surface area contributed by atoms with E-state index in [0.29, 0.717) is 16.0 Å². The summed E-state index contributed by atoms with van der Waals surface area (Å²) in [7, 11) is 0. The second kappa shape index (κ2) is 5.49. The quantitative estimate of drug-likeness (QED) is 0.739. The fraction of sp³-hybridized carbons (Fsp3) is 0.529. The molecule has 2 aliphatic rings. The molecule has 1 amide bonds. The van der Waals surface area contributed by atoms with Crippen LogP contribution in [0, 0.1) is 5.92 Å². The highest BCUT2D eigenvalue weighted by Crippen LogP contribution is 2.54. The maximum Gasteiger partial charge on any atom is 0.411 e. The maximum absolute atomic E-state index is 12.6. The van der Waals surface area contributed by atoms with Crippen LogP contribution in [0.4, 0.5) is 4.79 Å². The lowest BCUT2D eigenvalue weighted by atomic mass is 10.1. The van der Waals surface area contributed by atoms with Gasteiger partial charge in [-0.3, -0.25) is 4.90 Å². The number of fused-ring (bicyclic) bond motifs is 1. The molecule has 1 aliphatic heterocycles. The minimum atomic E-state index is -0.503. The van der Waals surface area contributed by atoms with Crippen molar-refractivity contribution in [1.82, 2.24) is 10.1 Å². The second-order valence-electron chi connectivity index (χ2n) is 7.46. The van der Waals surface area contributed by atoms with Crippen molar-refractivity contribution in [1.29, 1.82) is 0 Å². The molecule has 5 nitrogen and oxygen atoms in total. The number of carbonyl (C=O) groups is 1. The van der Waals surface area contributed by atoms with Crippen LogP contribution in [0.5, 0.6) is 0 Å². The van der Waals surface area contributed by atoms with Crippen molar-refractivity contribution in [2.75, 3.05) is 0 Å². The van der Waals surface area contributed by atoms with E-state index >= 15 is 0 Å². The fourth-order valence-corrected chi connectivity index (χ4v) is 4.19. The highest BCUT2D eigenvalue weighted by atomic mass is 35.5. The molecule has 1 saturated heterocycles. The predicted octanol–water partition coefficient (Wildman–Crippen LogP) is 5.13. The van der Waals surface area contributed by atoms with Gasteiger partial charge in [0.05, 0.1) is 10.4 Å². The number of amides is 1. The number of halogens is 1. The first-order valence-corrected chi connectivity index (χ1v) is 9.30. The monoisotopic (exact) mass is 366 g/mol. The molecule has 1 saturated carbocycles. The summed E-state index contributed by atoms with van der Waals surface area (Å²) in [5, 5.41) is 6.14. The van der Waals surface area contributed by atoms with Gasteiger partial charge in [-0.2, -0.15) is 0 Å². The molecule has 0 unspecified atom stereocenters. The first-order chi connectivity index (χ1) is 11.3. The molecule has 24 heavy (non-hydrogen) atoms. The van der Waals surface area contributed by atoms with Crippen molar-refractivity contribution in [3.63, 3.8) is 0 Å². The number of aromatic nitrogens is 1. The molecule has 3 atom stereocenters. The van der Waals surface area contributed by atoms with Crippen LogP contribution in [0.3, 0.4) is 0 Å². The minimum Gasteiger partial charge on any atom is -0.444 e. The summed E-state index contributed by atoms with van der Waals surface area (Å²) in [5.41, 5.74) is 1.19. The number of rotatable bonds is 2. The van der Waals surface area contributed by atoms with Gasteiger partial charge in [-0.15, -0.1) is 11.3 Å². The number of likely N-dealkylation sites (tertiary alicyclic amines) is 1. The molecule has 0 spiro atoms. The van der Waals surface area contributed by atoms with E-state index in [1.165, 1.54) is 11.3 Å². The summed E-state index contributed by atoms with van der Waals surface area (Å²) in [6.07, 6.45) is 1.71. The van der Waals surface area contributed by atoms with Gasteiger partial charge in [-0.05, 0) is 45.6 Å². The molecule has 0 N–H and O–H groups in total. The Hall–Kier alpha value is -1.53. The summed E-state index contributed by atoms with van der Waals surface area (Å²) in [6.45, 7) is 5.65. The van der Waals surface area contributed by atoms with E-state index in [2.05, 4.69) is 5.16 Å². The van der Waals surface area contributed by atoms with E-state index in [4.69, 9.17) is 20.9 Å². The number of carbonyl (C=O) groups excluding carboxylic acids is 1. The van der Waals surface area contributed by atoms with Crippen molar-refractivity contribution >= 4 is 29.0 Å². The zero-order valence-electron chi connectivity index (χ0n) is 13.8. The van der Waals surface area contributed by atoms with Crippen LogP contribution in [0.2, 0.25) is 4.34 Å². The number of hydrogen-bond donors (Lipinski definition) is 0. The Balaban J connectivity index is 1.57. The lowest BCUT2D eigenvalue weighted by Gasteiger charge is -2.29. The third kappa shape index (κ3) is 2.93. The van der Waals surface area contributed by atoms with E-state index in [1.807, 2.05) is 43.2 Å². The smallest absolute Gasteiger partial charge is 0.411 e. The van der Waals surface area contributed by atoms with Crippen molar-refractivity contribution in [3.8, 4) is 11.3 Å². The summed E-state index contributed by atoms with van der Waals surface area (Å²) >= 11 is 7.44. The first kappa shape index (κ1) is 16.0. The number of thiophene rings is 1. The van der Waals surface area contributed by atoms with Crippen molar-refractivity contribution in [2.24, 2.45) is 5.92 Å². The average molecular weight is 367 g/mol. The number of ether oxygens (including phenoxy) is 1. The van der Waals surface area contributed by atoms with Crippen molar-refractivity contribution in [3.05, 3.63) is 27.5 Å². The van der Waals surface area contributed by atoms with E-state index in [-0.39, 0.29) is 18.2 Å². The molecule has 1 aliphatic carbocycles. The molecule has 4 rings (SSSR count). The van der Waals surface area contributed by atoms with Gasteiger partial charge in [0.25, 0.3) is 0 Å². The Morgan fingerprint density at radius 3 is 2.88 bits per heavy atom. The van der Waals surface area contributed by atoms with E-state index in [0.717, 1.165) is 24.1 Å². The van der Waals surface area contributed by atoms with Crippen LogP contribution in [0.15, 0.2) is 22.0 Å². The standard InChI is InChI=1S/C17H19ClN2O3S/c1-17(2,3)22-16(21)20-12-4-9(12)5-13(20)11-7-14(23-19-11)10-6-15(18)24-8-10/h6-9,12-13H,4-5H2,1-3H3/t9-,12-,13-/m1/s1. The third-order valence-corrected chi connectivity index (χ3v) is 5.52. The lowest BCUT2D eigenvalue weighted by molar-refractivity contribution is 0.0176. The highest BCUT2D eigenvalue weighted by Gasteiger charge is 2.56. The third-order valence-electron chi connectivity index (χ3n) is 4.43. The fourth-order valence-electron chi connectivity index (χ4n) is 3.32. The van der Waals surface area contributed by atoms with Gasteiger partial charge in [0.15, 0.2) is 5.76 Å². The van der Waals surface area contributed by atoms with Crippen LogP contribution in [0.1, 0.15) is 45.3 Å². The largest absolute Gasteiger partial charge is 0.444 e. The number of piperidine rings is 1. The Kier molecular flexibility index (Phi) is 3.65. The maximum atomic E-state index is 12.6. The molecular formula is C17H19ClN2O3S. The molecule has 0 aromatic carbocycles. The average Bonchev–Trinajstić information content (AvgIpc) is 2.90. The van der Waals surface area contributed by atoms with Crippen molar-refractivity contribution < 1.29 is 14.1 Å². The molecule has 128 valence electrons. The van der Waals surface area contributed by atoms with Gasteiger partial charge < -0.3 is 9.26 Å². The van der Waals surface area contributed by atoms with Crippen molar-refractivity contribution in [2.45, 2.75) is 51.3 Å². The Bertz CT molecular complexity index is 779. The SMILES string of the molecule is CC(C)(C)OC(=O)N1[C@@H](c2cc(-c3csc(Cl)c3)on2)C[C@H]2C[C@H]21. The van der Waals surface area contributed by atoms with Crippen LogP contribution in [0.25, 0.3) is 11.3 Å². The summed E-state index contributed by atoms with van der Waals surface area (Å²) in [4.78, 5) is 14.4. The second-order valence-corrected chi connectivity index (χ2v) is 9.00. The van der Waals surface area contributed by atoms with E-state index < -0.39 is 5.60 Å². The molecular weight excluding hydrogens is 348 g/mol. The molecule has 2 aromatic rings. The Morgan fingerprint density at radius 2 is 2.21 bits per heavy atom. The van der Waals surface area contributed by atoms with Crippen LogP contribution in [-0.2, 0) is 4.74 Å². The summed E-state index contributed by atoms with van der Waals surface area (Å²) < 4.78 is 11.8. The highest BCUT2D eigenvalue weighted by molar-refractivity contribution is 7.14. The molecule has 0 radical (unpaired) electrons. The Morgan fingerprint density at radius 1 is 1.42 bits per heavy atom. The zero-order valence-corrected chi connectivity index (χ0v) is 15.4. The minimum absolute atomic E-state index is 0.0739. The lowest BCUT2D eigenvalue weighted by Crippen LogP contribution is -2.38. The summed E-state index contributed by atoms with van der Waals surface area (Å²) in [5.74, 6) is 1.23. The molecule has 2 fully saturated rings. The Labute approximate surface area is 149 Å². The summed E-state index contributed by atoms with van der Waals surface area (Å²) in [6, 6.07) is 3.97. The predicted molar refractivity (Wildman–Crippen MR) is 92.2 cm³/mol. The molecule has 2 aromatic heterocycles. The van der Waals surface area contributed by atoms with Crippen LogP contribution >= 0.6 is 22.9 Å². The zero-order chi connectivity index (χ0) is 17.1. The van der Waals surface area contributed by atoms with Crippen LogP contribution in [-0.4, -0.2) is 27.8 Å². The van der Waals surface area contributed by atoms with Gasteiger partial charge >= 0.3 is 6.09 Å². The first-order valence-electron chi connectivity index (χ1n) is 8.04. The molecule has 7 heteroatoms. The number of hydrogen-bond acceptors (Lipinski definition) is 5. The topological polar surface area (TPSA) is 55.6 Å². The van der Waals surface area contributed by atoms with Gasteiger partial charge in [0.1, 0.15) is 11.3 Å². The number of nitrogens with zero attached hydrogens (tertiary/aromatic N) is 2. The van der Waals surface area contributed by atoms with Gasteiger partial charge in [0.2, 0.25) is 0 Å². The van der Waals surface area contributed by atoms with Gasteiger partial charge in [-0.25, -0.2) is 4.79 Å². The van der Waals surface area contributed by atoms with Gasteiger partial charge in [0, 0.05) is 23.1 Å².